The second-order valence-electron chi connectivity index (χ2n) is 9.95. The molecule has 5 aromatic carbocycles. The van der Waals surface area contributed by atoms with Gasteiger partial charge in [-0.3, -0.25) is 0 Å². The average molecular weight is 655 g/mol. The van der Waals surface area contributed by atoms with Crippen molar-refractivity contribution in [3.8, 4) is 11.1 Å². The zero-order valence-corrected chi connectivity index (χ0v) is 30.3. The Labute approximate surface area is 267 Å². The van der Waals surface area contributed by atoms with Gasteiger partial charge in [0, 0.05) is 0 Å². The van der Waals surface area contributed by atoms with E-state index in [-0.39, 0.29) is 39.7 Å². The molecule has 0 aliphatic heterocycles. The molecule has 5 aromatic rings. The first-order valence-corrected chi connectivity index (χ1v) is 16.5. The molecule has 5 rings (SSSR count). The molecule has 0 amide bonds. The van der Waals surface area contributed by atoms with Gasteiger partial charge in [-0.15, -0.1) is 86.8 Å². The Morgan fingerprint density at radius 3 is 1.74 bits per heavy atom. The standard InChI is InChI=1S/C19H19.C14H17.2CH3.2ClH.Si.Zr/c1-12-10-17-14(3)13(2)15(4)19(18(17)11-12)16-8-6-5-7-9-16;1-9(2)12-7-13-10(3)5-6-11(4)14(13)8-12;;;;;;/h5-11H,1-4H3;5-9H,1-4H3;2*1H3;2*1H;;/q4*-1;;;;. The second kappa shape index (κ2) is 17.4. The fraction of sp³-hybridized carbons (Fsp3) is 0.257. The maximum absolute atomic E-state index is 3.06. The van der Waals surface area contributed by atoms with E-state index in [2.05, 4.69) is 129 Å². The molecule has 0 heterocycles. The molecule has 2 radical (unpaired) electrons. The van der Waals surface area contributed by atoms with Crippen LogP contribution in [0.25, 0.3) is 32.7 Å². The van der Waals surface area contributed by atoms with Crippen LogP contribution in [0.2, 0.25) is 0 Å². The van der Waals surface area contributed by atoms with Gasteiger partial charge in [0.15, 0.2) is 0 Å². The van der Waals surface area contributed by atoms with E-state index in [1.165, 1.54) is 95.0 Å². The Kier molecular flexibility index (Phi) is 17.7. The van der Waals surface area contributed by atoms with Crippen LogP contribution in [0.5, 0.6) is 0 Å². The van der Waals surface area contributed by atoms with Crippen LogP contribution in [0, 0.1) is 56.4 Å². The van der Waals surface area contributed by atoms with Gasteiger partial charge in [0.2, 0.25) is 0 Å². The van der Waals surface area contributed by atoms with E-state index in [4.69, 9.17) is 0 Å². The van der Waals surface area contributed by atoms with E-state index in [0.717, 1.165) is 0 Å². The molecule has 0 aliphatic carbocycles. The van der Waals surface area contributed by atoms with Crippen molar-refractivity contribution < 1.29 is 23.3 Å². The van der Waals surface area contributed by atoms with E-state index >= 15 is 0 Å². The molecular formula is C35H44Cl2SiZr-4. The van der Waals surface area contributed by atoms with Gasteiger partial charge in [-0.1, -0.05) is 93.3 Å². The molecule has 0 bridgehead atoms. The normalized spacial score (nSPS) is 9.64. The minimum absolute atomic E-state index is 0. The average Bonchev–Trinajstić information content (AvgIpc) is 3.48. The van der Waals surface area contributed by atoms with Crippen LogP contribution >= 0.6 is 24.8 Å². The fourth-order valence-electron chi connectivity index (χ4n) is 4.97. The van der Waals surface area contributed by atoms with E-state index in [1.54, 1.807) is 0 Å². The van der Waals surface area contributed by atoms with Crippen LogP contribution in [0.15, 0.2) is 66.7 Å². The SMILES string of the molecule is Cc1cc2c(-c3ccccc3)c(C)c(C)c(C)c2[cH-]1.Cc1ccc(C)c2[cH-]c(C(C)C)cc12.Cl.Cl.[CH3-].[CH3-].[Si]=[Zr]. The van der Waals surface area contributed by atoms with Crippen molar-refractivity contribution >= 4 is 53.2 Å². The van der Waals surface area contributed by atoms with Crippen molar-refractivity contribution in [2.24, 2.45) is 0 Å². The fourth-order valence-corrected chi connectivity index (χ4v) is 4.97. The third kappa shape index (κ3) is 8.53. The monoisotopic (exact) mass is 652 g/mol. The van der Waals surface area contributed by atoms with Crippen LogP contribution in [0.3, 0.4) is 0 Å². The summed E-state index contributed by atoms with van der Waals surface area (Å²) < 4.78 is 0. The third-order valence-corrected chi connectivity index (χ3v) is 7.28. The van der Waals surface area contributed by atoms with E-state index in [1.807, 2.05) is 0 Å². The molecular weight excluding hydrogens is 611 g/mol. The van der Waals surface area contributed by atoms with Gasteiger partial charge in [-0.05, 0) is 32.3 Å². The van der Waals surface area contributed by atoms with Gasteiger partial charge in [-0.2, -0.15) is 12.1 Å². The zero-order valence-electron chi connectivity index (χ0n) is 25.2. The third-order valence-electron chi connectivity index (χ3n) is 7.28. The van der Waals surface area contributed by atoms with Gasteiger partial charge in [0.05, 0.1) is 0 Å². The number of aryl methyl sites for hydroxylation is 4. The van der Waals surface area contributed by atoms with Gasteiger partial charge >= 0.3 is 30.2 Å². The molecule has 39 heavy (non-hydrogen) atoms. The zero-order chi connectivity index (χ0) is 25.9. The topological polar surface area (TPSA) is 0 Å². The molecule has 0 aromatic heterocycles. The van der Waals surface area contributed by atoms with Crippen LogP contribution in [-0.2, 0) is 23.3 Å². The summed E-state index contributed by atoms with van der Waals surface area (Å²) in [6, 6.07) is 24.4. The van der Waals surface area contributed by atoms with Crippen LogP contribution in [0.4, 0.5) is 0 Å². The van der Waals surface area contributed by atoms with E-state index < -0.39 is 0 Å². The van der Waals surface area contributed by atoms with Gasteiger partial charge in [0.1, 0.15) is 0 Å². The molecule has 0 aliphatic rings. The van der Waals surface area contributed by atoms with E-state index in [0.29, 0.717) is 5.92 Å². The van der Waals surface area contributed by atoms with E-state index in [9.17, 15) is 0 Å². The number of benzene rings is 3. The van der Waals surface area contributed by atoms with Gasteiger partial charge < -0.3 is 14.9 Å². The number of halogens is 2. The molecule has 0 N–H and O–H groups in total. The Morgan fingerprint density at radius 1 is 0.641 bits per heavy atom. The van der Waals surface area contributed by atoms with Gasteiger partial charge in [-0.25, -0.2) is 0 Å². The summed E-state index contributed by atoms with van der Waals surface area (Å²) in [5, 5.41) is 5.64. The van der Waals surface area contributed by atoms with Crippen LogP contribution in [-0.4, -0.2) is 6.88 Å². The summed E-state index contributed by atoms with van der Waals surface area (Å²) in [6.07, 6.45) is 0. The first kappa shape index (κ1) is 39.7. The quantitative estimate of drug-likeness (QED) is 0.131. The molecule has 0 nitrogen and oxygen atoms in total. The first-order chi connectivity index (χ1) is 16.7. The van der Waals surface area contributed by atoms with Crippen molar-refractivity contribution in [1.82, 2.24) is 0 Å². The molecule has 0 fully saturated rings. The molecule has 0 saturated heterocycles. The Bertz CT molecular complexity index is 1420. The summed E-state index contributed by atoms with van der Waals surface area (Å²) in [5.74, 6) is 0.626. The molecule has 0 spiro atoms. The predicted molar refractivity (Wildman–Crippen MR) is 180 cm³/mol. The molecule has 0 saturated carbocycles. The Hall–Kier alpha value is -1.44. The van der Waals surface area contributed by atoms with Crippen LogP contribution in [0.1, 0.15) is 58.7 Å². The van der Waals surface area contributed by atoms with Crippen molar-refractivity contribution in [1.29, 1.82) is 0 Å². The molecule has 210 valence electrons. The summed E-state index contributed by atoms with van der Waals surface area (Å²) in [6.45, 7) is 20.8. The second-order valence-corrected chi connectivity index (χ2v) is 9.95. The van der Waals surface area contributed by atoms with Crippen molar-refractivity contribution in [2.75, 3.05) is 0 Å². The number of rotatable bonds is 2. The summed E-state index contributed by atoms with van der Waals surface area (Å²) in [7, 11) is 0. The summed E-state index contributed by atoms with van der Waals surface area (Å²) in [4.78, 5) is 0. The Morgan fingerprint density at radius 2 is 1.21 bits per heavy atom. The number of hydrogen-bond donors (Lipinski definition) is 0. The molecule has 0 atom stereocenters. The predicted octanol–water partition coefficient (Wildman–Crippen LogP) is 11.1. The number of hydrogen-bond acceptors (Lipinski definition) is 0. The maximum atomic E-state index is 3.06. The number of fused-ring (bicyclic) bond motifs is 2. The van der Waals surface area contributed by atoms with Crippen molar-refractivity contribution in [2.45, 2.75) is 61.3 Å². The molecule has 4 heteroatoms. The minimum atomic E-state index is 0. The Balaban J connectivity index is 0. The summed E-state index contributed by atoms with van der Waals surface area (Å²) >= 11 is 1.36. The van der Waals surface area contributed by atoms with Crippen molar-refractivity contribution in [3.05, 3.63) is 121 Å². The van der Waals surface area contributed by atoms with Gasteiger partial charge in [0.25, 0.3) is 0 Å². The first-order valence-electron chi connectivity index (χ1n) is 12.3. The molecule has 0 unspecified atom stereocenters. The van der Waals surface area contributed by atoms with Crippen LogP contribution < -0.4 is 0 Å². The van der Waals surface area contributed by atoms with Crippen molar-refractivity contribution in [3.63, 3.8) is 0 Å². The summed E-state index contributed by atoms with van der Waals surface area (Å²) in [5.41, 5.74) is 12.5.